The van der Waals surface area contributed by atoms with Gasteiger partial charge in [0.25, 0.3) is 0 Å². The molecule has 2 aromatic carbocycles. The lowest BCUT2D eigenvalue weighted by Crippen LogP contribution is -2.17. The molecule has 29 heavy (non-hydrogen) atoms. The predicted octanol–water partition coefficient (Wildman–Crippen LogP) is 4.29. The summed E-state index contributed by atoms with van der Waals surface area (Å²) in [6.45, 7) is 3.88. The van der Waals surface area contributed by atoms with Gasteiger partial charge in [-0.2, -0.15) is 0 Å². The van der Waals surface area contributed by atoms with E-state index in [0.29, 0.717) is 17.3 Å². The molecule has 1 heterocycles. The Balaban J connectivity index is 1.53. The Morgan fingerprint density at radius 1 is 0.931 bits per heavy atom. The number of benzene rings is 2. The van der Waals surface area contributed by atoms with Gasteiger partial charge in [-0.25, -0.2) is 13.4 Å². The SMILES string of the molecule is Cc1ccc(Oc2ccc(NC(=O)CCS(=O)(=O)c3ccc(C)cc3)cn2)cc1. The number of carbonyl (C=O) groups excluding carboxylic acids is 1. The molecule has 1 amide bonds. The lowest BCUT2D eigenvalue weighted by molar-refractivity contribution is -0.115. The normalized spacial score (nSPS) is 11.1. The first-order chi connectivity index (χ1) is 13.8. The largest absolute Gasteiger partial charge is 0.439 e. The van der Waals surface area contributed by atoms with E-state index in [1.807, 2.05) is 38.1 Å². The van der Waals surface area contributed by atoms with Crippen molar-refractivity contribution in [2.45, 2.75) is 25.2 Å². The molecule has 0 saturated heterocycles. The van der Waals surface area contributed by atoms with Crippen LogP contribution in [0.1, 0.15) is 17.5 Å². The lowest BCUT2D eigenvalue weighted by atomic mass is 10.2. The average Bonchev–Trinajstić information content (AvgIpc) is 2.70. The molecule has 7 heteroatoms. The van der Waals surface area contributed by atoms with Crippen molar-refractivity contribution in [2.24, 2.45) is 0 Å². The highest BCUT2D eigenvalue weighted by molar-refractivity contribution is 7.91. The van der Waals surface area contributed by atoms with Gasteiger partial charge in [-0.05, 0) is 44.2 Å². The third kappa shape index (κ3) is 5.89. The number of aryl methyl sites for hydroxylation is 2. The quantitative estimate of drug-likeness (QED) is 0.628. The zero-order chi connectivity index (χ0) is 20.9. The molecule has 150 valence electrons. The van der Waals surface area contributed by atoms with Crippen LogP contribution in [0.25, 0.3) is 0 Å². The predicted molar refractivity (Wildman–Crippen MR) is 112 cm³/mol. The minimum atomic E-state index is -3.51. The Morgan fingerprint density at radius 3 is 2.14 bits per heavy atom. The van der Waals surface area contributed by atoms with E-state index >= 15 is 0 Å². The first kappa shape index (κ1) is 20.5. The fourth-order valence-electron chi connectivity index (χ4n) is 2.56. The molecule has 0 unspecified atom stereocenters. The molecule has 1 aromatic heterocycles. The second kappa shape index (κ2) is 8.87. The Morgan fingerprint density at radius 2 is 1.55 bits per heavy atom. The molecular formula is C22H22N2O4S. The van der Waals surface area contributed by atoms with E-state index in [-0.39, 0.29) is 17.1 Å². The summed E-state index contributed by atoms with van der Waals surface area (Å²) in [7, 11) is -3.51. The van der Waals surface area contributed by atoms with Gasteiger partial charge in [0, 0.05) is 12.5 Å². The van der Waals surface area contributed by atoms with Crippen LogP contribution in [-0.2, 0) is 14.6 Å². The number of sulfone groups is 1. The molecule has 1 N–H and O–H groups in total. The summed E-state index contributed by atoms with van der Waals surface area (Å²) >= 11 is 0. The highest BCUT2D eigenvalue weighted by Gasteiger charge is 2.16. The Labute approximate surface area is 170 Å². The van der Waals surface area contributed by atoms with Crippen LogP contribution < -0.4 is 10.1 Å². The standard InChI is InChI=1S/C22H22N2O4S/c1-16-3-8-19(9-4-16)28-22-12-7-18(15-23-22)24-21(25)13-14-29(26,27)20-10-5-17(2)6-11-20/h3-12,15H,13-14H2,1-2H3,(H,24,25). The zero-order valence-corrected chi connectivity index (χ0v) is 17.1. The highest BCUT2D eigenvalue weighted by atomic mass is 32.2. The summed E-state index contributed by atoms with van der Waals surface area (Å²) in [5.74, 6) is 0.411. The summed E-state index contributed by atoms with van der Waals surface area (Å²) in [6, 6.07) is 17.4. The van der Waals surface area contributed by atoms with Gasteiger partial charge < -0.3 is 10.1 Å². The monoisotopic (exact) mass is 410 g/mol. The Hall–Kier alpha value is -3.19. The van der Waals surface area contributed by atoms with Gasteiger partial charge in [-0.1, -0.05) is 35.4 Å². The smallest absolute Gasteiger partial charge is 0.225 e. The van der Waals surface area contributed by atoms with Crippen LogP contribution >= 0.6 is 0 Å². The summed E-state index contributed by atoms with van der Waals surface area (Å²) in [4.78, 5) is 16.5. The number of anilines is 1. The maximum atomic E-state index is 12.3. The Kier molecular flexibility index (Phi) is 6.29. The summed E-state index contributed by atoms with van der Waals surface area (Å²) in [5, 5.41) is 2.65. The average molecular weight is 410 g/mol. The second-order valence-electron chi connectivity index (χ2n) is 6.73. The molecular weight excluding hydrogens is 388 g/mol. The van der Waals surface area contributed by atoms with E-state index in [9.17, 15) is 13.2 Å². The first-order valence-corrected chi connectivity index (χ1v) is 10.8. The van der Waals surface area contributed by atoms with E-state index in [2.05, 4.69) is 10.3 Å². The molecule has 0 fully saturated rings. The van der Waals surface area contributed by atoms with Crippen LogP contribution in [-0.4, -0.2) is 25.1 Å². The molecule has 0 bridgehead atoms. The van der Waals surface area contributed by atoms with E-state index < -0.39 is 15.7 Å². The number of amides is 1. The van der Waals surface area contributed by atoms with Crippen LogP contribution in [0.2, 0.25) is 0 Å². The number of nitrogens with zero attached hydrogens (tertiary/aromatic N) is 1. The zero-order valence-electron chi connectivity index (χ0n) is 16.3. The fraction of sp³-hybridized carbons (Fsp3) is 0.182. The van der Waals surface area contributed by atoms with E-state index in [1.165, 1.54) is 6.20 Å². The third-order valence-electron chi connectivity index (χ3n) is 4.24. The number of hydrogen-bond acceptors (Lipinski definition) is 5. The van der Waals surface area contributed by atoms with Gasteiger partial charge in [-0.3, -0.25) is 4.79 Å². The van der Waals surface area contributed by atoms with Crippen LogP contribution in [0.5, 0.6) is 11.6 Å². The fourth-order valence-corrected chi connectivity index (χ4v) is 3.80. The number of rotatable bonds is 7. The van der Waals surface area contributed by atoms with Crippen molar-refractivity contribution < 1.29 is 17.9 Å². The van der Waals surface area contributed by atoms with Crippen LogP contribution in [0, 0.1) is 13.8 Å². The van der Waals surface area contributed by atoms with Crippen LogP contribution in [0.4, 0.5) is 5.69 Å². The highest BCUT2D eigenvalue weighted by Crippen LogP contribution is 2.21. The third-order valence-corrected chi connectivity index (χ3v) is 5.97. The molecule has 0 saturated carbocycles. The van der Waals surface area contributed by atoms with Gasteiger partial charge >= 0.3 is 0 Å². The molecule has 0 radical (unpaired) electrons. The molecule has 0 spiro atoms. The van der Waals surface area contributed by atoms with Crippen LogP contribution in [0.15, 0.2) is 71.8 Å². The molecule has 6 nitrogen and oxygen atoms in total. The van der Waals surface area contributed by atoms with Gasteiger partial charge in [-0.15, -0.1) is 0 Å². The lowest BCUT2D eigenvalue weighted by Gasteiger charge is -2.08. The number of nitrogens with one attached hydrogen (secondary N) is 1. The topological polar surface area (TPSA) is 85.4 Å². The number of carbonyl (C=O) groups is 1. The molecule has 0 aliphatic carbocycles. The van der Waals surface area contributed by atoms with Gasteiger partial charge in [0.15, 0.2) is 9.84 Å². The summed E-state index contributed by atoms with van der Waals surface area (Å²) < 4.78 is 30.3. The van der Waals surface area contributed by atoms with Crippen molar-refractivity contribution in [1.29, 1.82) is 0 Å². The van der Waals surface area contributed by atoms with Crippen molar-refractivity contribution in [3.05, 3.63) is 78.0 Å². The van der Waals surface area contributed by atoms with Gasteiger partial charge in [0.2, 0.25) is 11.8 Å². The molecule has 0 aliphatic heterocycles. The maximum Gasteiger partial charge on any atom is 0.225 e. The Bertz CT molecular complexity index is 1080. The van der Waals surface area contributed by atoms with Crippen LogP contribution in [0.3, 0.4) is 0 Å². The maximum absolute atomic E-state index is 12.3. The molecule has 0 atom stereocenters. The minimum Gasteiger partial charge on any atom is -0.439 e. The number of aromatic nitrogens is 1. The van der Waals surface area contributed by atoms with Gasteiger partial charge in [0.05, 0.1) is 22.5 Å². The number of ether oxygens (including phenoxy) is 1. The molecule has 3 aromatic rings. The number of hydrogen-bond donors (Lipinski definition) is 1. The van der Waals surface area contributed by atoms with Crippen molar-refractivity contribution in [2.75, 3.05) is 11.1 Å². The van der Waals surface area contributed by atoms with E-state index in [4.69, 9.17) is 4.74 Å². The first-order valence-electron chi connectivity index (χ1n) is 9.12. The van der Waals surface area contributed by atoms with Gasteiger partial charge in [0.1, 0.15) is 5.75 Å². The van der Waals surface area contributed by atoms with Crippen molar-refractivity contribution >= 4 is 21.4 Å². The second-order valence-corrected chi connectivity index (χ2v) is 8.84. The molecule has 0 aliphatic rings. The van der Waals surface area contributed by atoms with Crippen molar-refractivity contribution in [3.8, 4) is 11.6 Å². The summed E-state index contributed by atoms with van der Waals surface area (Å²) in [6.07, 6.45) is 1.33. The van der Waals surface area contributed by atoms with E-state index in [1.54, 1.807) is 36.4 Å². The van der Waals surface area contributed by atoms with Crippen molar-refractivity contribution in [1.82, 2.24) is 4.98 Å². The molecule has 3 rings (SSSR count). The summed E-state index contributed by atoms with van der Waals surface area (Å²) in [5.41, 5.74) is 2.58. The number of pyridine rings is 1. The van der Waals surface area contributed by atoms with E-state index in [0.717, 1.165) is 11.1 Å². The minimum absolute atomic E-state index is 0.141. The van der Waals surface area contributed by atoms with Crippen molar-refractivity contribution in [3.63, 3.8) is 0 Å².